The Kier molecular flexibility index (Phi) is 3.53. The van der Waals surface area contributed by atoms with Crippen LogP contribution >= 0.6 is 0 Å². The molecular formula is C20H20N2O3. The van der Waals surface area contributed by atoms with Crippen molar-refractivity contribution in [2.45, 2.75) is 31.9 Å². The third-order valence-corrected chi connectivity index (χ3v) is 4.90. The molecule has 2 aliphatic heterocycles. The van der Waals surface area contributed by atoms with E-state index in [1.807, 2.05) is 62.4 Å². The smallest absolute Gasteiger partial charge is 0.237 e. The quantitative estimate of drug-likeness (QED) is 0.829. The lowest BCUT2D eigenvalue weighted by Crippen LogP contribution is -2.62. The lowest BCUT2D eigenvalue weighted by atomic mass is 9.74. The first-order valence-electron chi connectivity index (χ1n) is 8.43. The van der Waals surface area contributed by atoms with Crippen molar-refractivity contribution in [2.24, 2.45) is 5.92 Å². The zero-order valence-electron chi connectivity index (χ0n) is 14.2. The second kappa shape index (κ2) is 5.62. The van der Waals surface area contributed by atoms with Crippen molar-refractivity contribution in [1.29, 1.82) is 0 Å². The number of fused-ring (bicyclic) bond motifs is 4. The summed E-state index contributed by atoms with van der Waals surface area (Å²) in [6, 6.07) is 15.2. The van der Waals surface area contributed by atoms with Gasteiger partial charge in [-0.15, -0.1) is 0 Å². The number of benzene rings is 2. The number of para-hydroxylation sites is 1. The van der Waals surface area contributed by atoms with Crippen molar-refractivity contribution in [3.63, 3.8) is 0 Å². The van der Waals surface area contributed by atoms with E-state index in [2.05, 4.69) is 10.6 Å². The minimum Gasteiger partial charge on any atom is -0.468 e. The van der Waals surface area contributed by atoms with Crippen LogP contribution in [0, 0.1) is 12.8 Å². The fourth-order valence-electron chi connectivity index (χ4n) is 3.83. The van der Waals surface area contributed by atoms with Gasteiger partial charge in [-0.25, -0.2) is 0 Å². The number of carbonyl (C=O) groups excluding carboxylic acids is 2. The fraction of sp³-hybridized carbons (Fsp3) is 0.300. The van der Waals surface area contributed by atoms with Gasteiger partial charge in [-0.3, -0.25) is 9.59 Å². The summed E-state index contributed by atoms with van der Waals surface area (Å²) >= 11 is 0. The highest BCUT2D eigenvalue weighted by Crippen LogP contribution is 2.46. The Morgan fingerprint density at radius 3 is 2.84 bits per heavy atom. The van der Waals surface area contributed by atoms with E-state index in [-0.39, 0.29) is 17.7 Å². The van der Waals surface area contributed by atoms with E-state index in [0.717, 1.165) is 16.9 Å². The lowest BCUT2D eigenvalue weighted by Gasteiger charge is -2.46. The molecule has 0 saturated carbocycles. The van der Waals surface area contributed by atoms with Gasteiger partial charge in [0.25, 0.3) is 0 Å². The number of aryl methyl sites for hydroxylation is 1. The van der Waals surface area contributed by atoms with E-state index in [0.29, 0.717) is 12.1 Å². The molecule has 0 aromatic heterocycles. The number of rotatable bonds is 2. The summed E-state index contributed by atoms with van der Waals surface area (Å²) in [5.41, 5.74) is 1.90. The molecule has 2 aliphatic rings. The number of hydrogen-bond acceptors (Lipinski definition) is 3. The van der Waals surface area contributed by atoms with Crippen LogP contribution in [0.4, 0.5) is 5.69 Å². The first-order chi connectivity index (χ1) is 12.0. The van der Waals surface area contributed by atoms with E-state index in [4.69, 9.17) is 4.74 Å². The molecule has 2 aromatic carbocycles. The number of anilines is 1. The molecule has 2 N–H and O–H groups in total. The Morgan fingerprint density at radius 1 is 1.24 bits per heavy atom. The zero-order valence-corrected chi connectivity index (χ0v) is 14.2. The van der Waals surface area contributed by atoms with Gasteiger partial charge in [0.05, 0.1) is 0 Å². The topological polar surface area (TPSA) is 67.4 Å². The Balaban J connectivity index is 1.67. The minimum absolute atomic E-state index is 0.200. The molecule has 128 valence electrons. The van der Waals surface area contributed by atoms with E-state index in [1.54, 1.807) is 0 Å². The maximum atomic E-state index is 12.9. The zero-order chi connectivity index (χ0) is 17.6. The van der Waals surface area contributed by atoms with Crippen molar-refractivity contribution >= 4 is 17.5 Å². The Labute approximate surface area is 146 Å². The number of nitrogens with one attached hydrogen (secondary N) is 2. The van der Waals surface area contributed by atoms with Crippen LogP contribution in [-0.2, 0) is 9.59 Å². The second-order valence-electron chi connectivity index (χ2n) is 7.01. The van der Waals surface area contributed by atoms with Crippen molar-refractivity contribution in [3.8, 4) is 5.75 Å². The van der Waals surface area contributed by atoms with Gasteiger partial charge in [0.1, 0.15) is 11.7 Å². The summed E-state index contributed by atoms with van der Waals surface area (Å²) in [5.74, 6) is -0.827. The van der Waals surface area contributed by atoms with Crippen molar-refractivity contribution in [2.75, 3.05) is 5.32 Å². The van der Waals surface area contributed by atoms with E-state index in [9.17, 15) is 9.59 Å². The summed E-state index contributed by atoms with van der Waals surface area (Å²) in [7, 11) is 0. The van der Waals surface area contributed by atoms with Crippen LogP contribution in [-0.4, -0.2) is 17.5 Å². The second-order valence-corrected chi connectivity index (χ2v) is 7.01. The number of amides is 2. The van der Waals surface area contributed by atoms with Crippen molar-refractivity contribution in [1.82, 2.24) is 5.32 Å². The third-order valence-electron chi connectivity index (χ3n) is 4.90. The molecule has 1 saturated heterocycles. The molecule has 2 bridgehead atoms. The maximum absolute atomic E-state index is 12.9. The average molecular weight is 336 g/mol. The van der Waals surface area contributed by atoms with Crippen LogP contribution in [0.5, 0.6) is 5.75 Å². The van der Waals surface area contributed by atoms with Gasteiger partial charge < -0.3 is 15.4 Å². The van der Waals surface area contributed by atoms with Crippen LogP contribution in [0.3, 0.4) is 0 Å². The minimum atomic E-state index is -0.779. The summed E-state index contributed by atoms with van der Waals surface area (Å²) in [6.07, 6.45) is 0.571. The largest absolute Gasteiger partial charge is 0.468 e. The van der Waals surface area contributed by atoms with Gasteiger partial charge >= 0.3 is 0 Å². The molecule has 0 spiro atoms. The molecule has 2 heterocycles. The van der Waals surface area contributed by atoms with Gasteiger partial charge in [-0.05, 0) is 43.2 Å². The third kappa shape index (κ3) is 2.76. The SMILES string of the molecule is Cc1cccc(NC(=O)C2C(=O)NC3(C)CC2c2ccccc2O3)c1. The van der Waals surface area contributed by atoms with Crippen LogP contribution in [0.25, 0.3) is 0 Å². The molecule has 3 unspecified atom stereocenters. The highest BCUT2D eigenvalue weighted by Gasteiger charge is 2.51. The number of carbonyl (C=O) groups is 2. The van der Waals surface area contributed by atoms with Crippen LogP contribution in [0.15, 0.2) is 48.5 Å². The molecule has 3 atom stereocenters. The van der Waals surface area contributed by atoms with Crippen LogP contribution in [0.1, 0.15) is 30.4 Å². The Morgan fingerprint density at radius 2 is 2.04 bits per heavy atom. The predicted molar refractivity (Wildman–Crippen MR) is 94.3 cm³/mol. The molecule has 25 heavy (non-hydrogen) atoms. The van der Waals surface area contributed by atoms with E-state index in [1.165, 1.54) is 0 Å². The van der Waals surface area contributed by atoms with Crippen molar-refractivity contribution < 1.29 is 14.3 Å². The first-order valence-corrected chi connectivity index (χ1v) is 8.43. The van der Waals surface area contributed by atoms with Gasteiger partial charge in [0.15, 0.2) is 5.72 Å². The van der Waals surface area contributed by atoms with E-state index < -0.39 is 11.6 Å². The number of piperidine rings is 1. The molecule has 4 rings (SSSR count). The number of ether oxygens (including phenoxy) is 1. The van der Waals surface area contributed by atoms with Crippen LogP contribution in [0.2, 0.25) is 0 Å². The fourth-order valence-corrected chi connectivity index (χ4v) is 3.83. The highest BCUT2D eigenvalue weighted by atomic mass is 16.5. The monoisotopic (exact) mass is 336 g/mol. The normalized spacial score (nSPS) is 26.9. The molecular weight excluding hydrogens is 316 g/mol. The molecule has 5 nitrogen and oxygen atoms in total. The predicted octanol–water partition coefficient (Wildman–Crippen LogP) is 2.96. The summed E-state index contributed by atoms with van der Waals surface area (Å²) < 4.78 is 5.96. The summed E-state index contributed by atoms with van der Waals surface area (Å²) in [5, 5.41) is 5.76. The van der Waals surface area contributed by atoms with Crippen molar-refractivity contribution in [3.05, 3.63) is 59.7 Å². The molecule has 0 aliphatic carbocycles. The average Bonchev–Trinajstić information content (AvgIpc) is 2.53. The molecule has 1 fully saturated rings. The van der Waals surface area contributed by atoms with Gasteiger partial charge in [-0.1, -0.05) is 30.3 Å². The first kappa shape index (κ1) is 15.7. The van der Waals surface area contributed by atoms with Gasteiger partial charge in [-0.2, -0.15) is 0 Å². The van der Waals surface area contributed by atoms with E-state index >= 15 is 0 Å². The molecule has 2 aromatic rings. The summed E-state index contributed by atoms with van der Waals surface area (Å²) in [6.45, 7) is 3.81. The molecule has 0 radical (unpaired) electrons. The highest BCUT2D eigenvalue weighted by molar-refractivity contribution is 6.08. The van der Waals surface area contributed by atoms with Crippen LogP contribution < -0.4 is 15.4 Å². The van der Waals surface area contributed by atoms with Gasteiger partial charge in [0, 0.05) is 18.0 Å². The number of hydrogen-bond donors (Lipinski definition) is 2. The maximum Gasteiger partial charge on any atom is 0.237 e. The Hall–Kier alpha value is -2.82. The lowest BCUT2D eigenvalue weighted by molar-refractivity contribution is -0.145. The molecule has 5 heteroatoms. The van der Waals surface area contributed by atoms with Gasteiger partial charge in [0.2, 0.25) is 11.8 Å². The Bertz CT molecular complexity index is 864. The standard InChI is InChI=1S/C20H20N2O3/c1-12-6-5-7-13(10-12)21-18(23)17-15-11-20(2,22-19(17)24)25-16-9-4-3-8-14(15)16/h3-10,15,17H,11H2,1-2H3,(H,21,23)(H,22,24). The molecule has 2 amide bonds. The summed E-state index contributed by atoms with van der Waals surface area (Å²) in [4.78, 5) is 25.6.